The third kappa shape index (κ3) is 4.70. The Kier molecular flexibility index (Phi) is 6.09. The minimum Gasteiger partial charge on any atom is -0.390 e. The van der Waals surface area contributed by atoms with Gasteiger partial charge in [-0.25, -0.2) is 4.98 Å². The molecule has 0 aliphatic heterocycles. The van der Waals surface area contributed by atoms with Gasteiger partial charge < -0.3 is 9.84 Å². The Hall–Kier alpha value is -1.60. The largest absolute Gasteiger partial charge is 0.390 e. The maximum Gasteiger partial charge on any atom is 0.172 e. The Morgan fingerprint density at radius 3 is 3.04 bits per heavy atom. The Bertz CT molecular complexity index is 756. The fraction of sp³-hybridized carbons (Fsp3) is 0.278. The molecule has 6 heteroatoms. The Morgan fingerprint density at radius 1 is 1.33 bits per heavy atom. The van der Waals surface area contributed by atoms with Crippen LogP contribution in [0.3, 0.4) is 0 Å². The third-order valence-corrected chi connectivity index (χ3v) is 5.39. The molecule has 3 rings (SSSR count). The van der Waals surface area contributed by atoms with Gasteiger partial charge in [0.2, 0.25) is 0 Å². The molecule has 1 atom stereocenters. The van der Waals surface area contributed by atoms with E-state index < -0.39 is 6.10 Å². The molecule has 0 radical (unpaired) electrons. The number of thioether (sulfide) groups is 1. The summed E-state index contributed by atoms with van der Waals surface area (Å²) in [5.41, 5.74) is 2.29. The van der Waals surface area contributed by atoms with Crippen LogP contribution >= 0.6 is 23.1 Å². The minimum atomic E-state index is -0.516. The standard InChI is InChI=1S/C18H20N2O2S2/c1-14-4-2-5-15(10-14)20-8-7-19-18(20)24-13-16(21)11-22-12-17-6-3-9-23-17/h2-10,16,21H,11-13H2,1H3. The zero-order chi connectivity index (χ0) is 16.8. The number of benzene rings is 1. The van der Waals surface area contributed by atoms with Crippen LogP contribution in [0.4, 0.5) is 0 Å². The van der Waals surface area contributed by atoms with Crippen molar-refractivity contribution in [2.45, 2.75) is 24.8 Å². The van der Waals surface area contributed by atoms with E-state index in [1.807, 2.05) is 34.3 Å². The van der Waals surface area contributed by atoms with E-state index in [1.54, 1.807) is 17.5 Å². The van der Waals surface area contributed by atoms with Crippen LogP contribution in [0.1, 0.15) is 10.4 Å². The number of thiophene rings is 1. The smallest absolute Gasteiger partial charge is 0.172 e. The van der Waals surface area contributed by atoms with Crippen molar-refractivity contribution in [1.29, 1.82) is 0 Å². The maximum atomic E-state index is 10.1. The second kappa shape index (κ2) is 8.48. The van der Waals surface area contributed by atoms with Gasteiger partial charge in [0.1, 0.15) is 0 Å². The van der Waals surface area contributed by atoms with Crippen LogP contribution in [0.25, 0.3) is 5.69 Å². The summed E-state index contributed by atoms with van der Waals surface area (Å²) >= 11 is 3.20. The molecule has 0 aliphatic rings. The van der Waals surface area contributed by atoms with Gasteiger partial charge in [-0.3, -0.25) is 4.57 Å². The van der Waals surface area contributed by atoms with Crippen LogP contribution < -0.4 is 0 Å². The molecular weight excluding hydrogens is 340 g/mol. The number of aryl methyl sites for hydroxylation is 1. The SMILES string of the molecule is Cc1cccc(-n2ccnc2SCC(O)COCc2cccs2)c1. The zero-order valence-electron chi connectivity index (χ0n) is 13.5. The second-order valence-corrected chi connectivity index (χ2v) is 7.50. The molecular formula is C18H20N2O2S2. The average molecular weight is 361 g/mol. The van der Waals surface area contributed by atoms with Crippen LogP contribution in [0, 0.1) is 6.92 Å². The van der Waals surface area contributed by atoms with Crippen molar-refractivity contribution in [3.63, 3.8) is 0 Å². The van der Waals surface area contributed by atoms with E-state index in [9.17, 15) is 5.11 Å². The number of hydrogen-bond acceptors (Lipinski definition) is 5. The quantitative estimate of drug-likeness (QED) is 0.619. The van der Waals surface area contributed by atoms with Crippen molar-refractivity contribution in [3.05, 3.63) is 64.6 Å². The third-order valence-electron chi connectivity index (χ3n) is 3.43. The fourth-order valence-electron chi connectivity index (χ4n) is 2.28. The highest BCUT2D eigenvalue weighted by Gasteiger charge is 2.10. The summed E-state index contributed by atoms with van der Waals surface area (Å²) in [5, 5.41) is 13.0. The molecule has 0 saturated heterocycles. The highest BCUT2D eigenvalue weighted by Crippen LogP contribution is 2.22. The number of ether oxygens (including phenoxy) is 1. The lowest BCUT2D eigenvalue weighted by Gasteiger charge is -2.12. The van der Waals surface area contributed by atoms with Crippen LogP contribution in [0.2, 0.25) is 0 Å². The normalized spacial score (nSPS) is 12.4. The predicted molar refractivity (Wildman–Crippen MR) is 99.0 cm³/mol. The molecule has 2 heterocycles. The summed E-state index contributed by atoms with van der Waals surface area (Å²) in [7, 11) is 0. The topological polar surface area (TPSA) is 47.3 Å². The van der Waals surface area contributed by atoms with Gasteiger partial charge in [-0.2, -0.15) is 0 Å². The van der Waals surface area contributed by atoms with Gasteiger partial charge in [-0.15, -0.1) is 11.3 Å². The molecule has 0 fully saturated rings. The molecule has 1 unspecified atom stereocenters. The Labute approximate surface area is 150 Å². The van der Waals surface area contributed by atoms with Gasteiger partial charge in [0.15, 0.2) is 5.16 Å². The maximum absolute atomic E-state index is 10.1. The number of rotatable bonds is 8. The van der Waals surface area contributed by atoms with E-state index in [0.717, 1.165) is 10.8 Å². The number of aromatic nitrogens is 2. The molecule has 2 aromatic heterocycles. The highest BCUT2D eigenvalue weighted by molar-refractivity contribution is 7.99. The van der Waals surface area contributed by atoms with Crippen molar-refractivity contribution >= 4 is 23.1 Å². The van der Waals surface area contributed by atoms with E-state index in [0.29, 0.717) is 19.0 Å². The van der Waals surface area contributed by atoms with E-state index in [-0.39, 0.29) is 0 Å². The average Bonchev–Trinajstić information content (AvgIpc) is 3.24. The van der Waals surface area contributed by atoms with Crippen molar-refractivity contribution in [3.8, 4) is 5.69 Å². The van der Waals surface area contributed by atoms with Crippen molar-refractivity contribution in [1.82, 2.24) is 9.55 Å². The van der Waals surface area contributed by atoms with Gasteiger partial charge >= 0.3 is 0 Å². The van der Waals surface area contributed by atoms with Gasteiger partial charge in [0.25, 0.3) is 0 Å². The summed E-state index contributed by atoms with van der Waals surface area (Å²) in [5.74, 6) is 0.549. The zero-order valence-corrected chi connectivity index (χ0v) is 15.1. The molecule has 1 N–H and O–H groups in total. The van der Waals surface area contributed by atoms with Crippen LogP contribution in [-0.4, -0.2) is 33.1 Å². The summed E-state index contributed by atoms with van der Waals surface area (Å²) in [4.78, 5) is 5.56. The molecule has 126 valence electrons. The molecule has 0 spiro atoms. The van der Waals surface area contributed by atoms with E-state index >= 15 is 0 Å². The van der Waals surface area contributed by atoms with Crippen molar-refractivity contribution < 1.29 is 9.84 Å². The number of hydrogen-bond donors (Lipinski definition) is 1. The number of nitrogens with zero attached hydrogens (tertiary/aromatic N) is 2. The molecule has 24 heavy (non-hydrogen) atoms. The highest BCUT2D eigenvalue weighted by atomic mass is 32.2. The van der Waals surface area contributed by atoms with Crippen molar-refractivity contribution in [2.75, 3.05) is 12.4 Å². The molecule has 3 aromatic rings. The van der Waals surface area contributed by atoms with E-state index in [1.165, 1.54) is 22.2 Å². The lowest BCUT2D eigenvalue weighted by Crippen LogP contribution is -2.18. The van der Waals surface area contributed by atoms with Crippen LogP contribution in [0.5, 0.6) is 0 Å². The molecule has 0 amide bonds. The van der Waals surface area contributed by atoms with Gasteiger partial charge in [-0.05, 0) is 36.1 Å². The van der Waals surface area contributed by atoms with Crippen LogP contribution in [0.15, 0.2) is 59.3 Å². The van der Waals surface area contributed by atoms with Crippen LogP contribution in [-0.2, 0) is 11.3 Å². The minimum absolute atomic E-state index is 0.329. The lowest BCUT2D eigenvalue weighted by molar-refractivity contribution is 0.0409. The predicted octanol–water partition coefficient (Wildman–Crippen LogP) is 3.91. The molecule has 0 aliphatic carbocycles. The molecule has 0 saturated carbocycles. The first-order valence-corrected chi connectivity index (χ1v) is 9.60. The number of aliphatic hydroxyl groups excluding tert-OH is 1. The monoisotopic (exact) mass is 360 g/mol. The second-order valence-electron chi connectivity index (χ2n) is 5.48. The van der Waals surface area contributed by atoms with E-state index in [2.05, 4.69) is 30.1 Å². The summed E-state index contributed by atoms with van der Waals surface area (Å²) in [6.45, 7) is 2.95. The number of imidazole rings is 1. The Balaban J connectivity index is 1.51. The first-order chi connectivity index (χ1) is 11.7. The Morgan fingerprint density at radius 2 is 2.25 bits per heavy atom. The summed E-state index contributed by atoms with van der Waals surface area (Å²) < 4.78 is 7.60. The van der Waals surface area contributed by atoms with Crippen molar-refractivity contribution in [2.24, 2.45) is 0 Å². The summed E-state index contributed by atoms with van der Waals surface area (Å²) in [6, 6.07) is 12.3. The summed E-state index contributed by atoms with van der Waals surface area (Å²) in [6.07, 6.45) is 3.21. The molecule has 0 bridgehead atoms. The fourth-order valence-corrected chi connectivity index (χ4v) is 3.80. The molecule has 4 nitrogen and oxygen atoms in total. The van der Waals surface area contributed by atoms with Gasteiger partial charge in [0.05, 0.1) is 19.3 Å². The number of aliphatic hydroxyl groups is 1. The van der Waals surface area contributed by atoms with Gasteiger partial charge in [0, 0.05) is 28.7 Å². The first-order valence-electron chi connectivity index (χ1n) is 7.74. The van der Waals surface area contributed by atoms with E-state index in [4.69, 9.17) is 4.74 Å². The lowest BCUT2D eigenvalue weighted by atomic mass is 10.2. The first kappa shape index (κ1) is 17.2. The van der Waals surface area contributed by atoms with Gasteiger partial charge in [-0.1, -0.05) is 30.0 Å². The molecule has 1 aromatic carbocycles.